The normalized spacial score (nSPS) is 12.0. The summed E-state index contributed by atoms with van der Waals surface area (Å²) in [6.07, 6.45) is 5.51. The van der Waals surface area contributed by atoms with Crippen molar-refractivity contribution in [2.75, 3.05) is 11.5 Å². The smallest absolute Gasteiger partial charge is 0.171 e. The van der Waals surface area contributed by atoms with Crippen LogP contribution in [0.5, 0.6) is 0 Å². The van der Waals surface area contributed by atoms with Crippen LogP contribution in [0.4, 0.5) is 13.2 Å². The van der Waals surface area contributed by atoms with E-state index in [1.54, 1.807) is 11.8 Å². The Bertz CT molecular complexity index is 169. The van der Waals surface area contributed by atoms with Crippen LogP contribution < -0.4 is 0 Å². The van der Waals surface area contributed by atoms with Crippen LogP contribution in [0, 0.1) is 0 Å². The first-order chi connectivity index (χ1) is 8.56. The van der Waals surface area contributed by atoms with Gasteiger partial charge in [-0.25, -0.2) is 0 Å². The number of alkyl halides is 3. The molecule has 0 saturated carbocycles. The standard InChI is InChI=1S/C14H27F3S/c1-2-3-4-5-6-7-9-12-18-13-10-8-11-14(15,16)17/h2-13H2,1H3. The van der Waals surface area contributed by atoms with Crippen LogP contribution in [0.15, 0.2) is 0 Å². The van der Waals surface area contributed by atoms with Crippen molar-refractivity contribution in [2.24, 2.45) is 0 Å². The van der Waals surface area contributed by atoms with Crippen LogP contribution in [-0.2, 0) is 0 Å². The maximum absolute atomic E-state index is 11.9. The van der Waals surface area contributed by atoms with E-state index in [9.17, 15) is 13.2 Å². The van der Waals surface area contributed by atoms with Crippen molar-refractivity contribution in [3.05, 3.63) is 0 Å². The maximum Gasteiger partial charge on any atom is 0.389 e. The summed E-state index contributed by atoms with van der Waals surface area (Å²) in [5, 5.41) is 0. The minimum absolute atomic E-state index is 0.285. The molecule has 0 fully saturated rings. The molecule has 0 aromatic carbocycles. The number of halogens is 3. The Morgan fingerprint density at radius 3 is 1.78 bits per heavy atom. The zero-order valence-corrected chi connectivity index (χ0v) is 12.3. The van der Waals surface area contributed by atoms with Crippen molar-refractivity contribution in [2.45, 2.75) is 77.3 Å². The lowest BCUT2D eigenvalue weighted by Crippen LogP contribution is -2.06. The summed E-state index contributed by atoms with van der Waals surface area (Å²) >= 11 is 1.80. The summed E-state index contributed by atoms with van der Waals surface area (Å²) in [4.78, 5) is 0. The second-order valence-electron chi connectivity index (χ2n) is 4.81. The minimum atomic E-state index is -3.97. The molecule has 0 aliphatic rings. The van der Waals surface area contributed by atoms with Crippen molar-refractivity contribution in [1.82, 2.24) is 0 Å². The average molecular weight is 284 g/mol. The quantitative estimate of drug-likeness (QED) is 0.384. The predicted molar refractivity (Wildman–Crippen MR) is 75.2 cm³/mol. The van der Waals surface area contributed by atoms with Crippen LogP contribution in [0.1, 0.15) is 71.1 Å². The molecule has 0 heterocycles. The molecule has 110 valence electrons. The van der Waals surface area contributed by atoms with Gasteiger partial charge in [0.05, 0.1) is 0 Å². The third-order valence-corrected chi connectivity index (χ3v) is 4.05. The van der Waals surface area contributed by atoms with Gasteiger partial charge < -0.3 is 0 Å². The number of hydrogen-bond acceptors (Lipinski definition) is 1. The second kappa shape index (κ2) is 12.2. The van der Waals surface area contributed by atoms with Gasteiger partial charge in [-0.05, 0) is 30.8 Å². The summed E-state index contributed by atoms with van der Waals surface area (Å²) < 4.78 is 35.6. The van der Waals surface area contributed by atoms with Crippen LogP contribution in [0.25, 0.3) is 0 Å². The van der Waals surface area contributed by atoms with Gasteiger partial charge in [0.1, 0.15) is 0 Å². The van der Waals surface area contributed by atoms with E-state index in [0.717, 1.165) is 11.5 Å². The zero-order valence-electron chi connectivity index (χ0n) is 11.5. The number of hydrogen-bond donors (Lipinski definition) is 0. The highest BCUT2D eigenvalue weighted by Gasteiger charge is 2.25. The Labute approximate surface area is 114 Å². The molecular formula is C14H27F3S. The lowest BCUT2D eigenvalue weighted by atomic mass is 10.1. The van der Waals surface area contributed by atoms with Gasteiger partial charge in [-0.15, -0.1) is 0 Å². The SMILES string of the molecule is CCCCCCCCCSCCCCC(F)(F)F. The van der Waals surface area contributed by atoms with E-state index in [1.165, 1.54) is 44.9 Å². The molecule has 0 atom stereocenters. The average Bonchev–Trinajstić information content (AvgIpc) is 2.29. The van der Waals surface area contributed by atoms with Crippen molar-refractivity contribution in [1.29, 1.82) is 0 Å². The summed E-state index contributed by atoms with van der Waals surface area (Å²) in [5.41, 5.74) is 0. The highest BCUT2D eigenvalue weighted by atomic mass is 32.2. The zero-order chi connectivity index (χ0) is 13.7. The Morgan fingerprint density at radius 2 is 1.22 bits per heavy atom. The molecular weight excluding hydrogens is 257 g/mol. The van der Waals surface area contributed by atoms with Crippen LogP contribution in [0.2, 0.25) is 0 Å². The molecule has 0 amide bonds. The molecule has 0 unspecified atom stereocenters. The van der Waals surface area contributed by atoms with Crippen molar-refractivity contribution >= 4 is 11.8 Å². The number of rotatable bonds is 12. The molecule has 0 aliphatic carbocycles. The van der Waals surface area contributed by atoms with E-state index in [-0.39, 0.29) is 6.42 Å². The molecule has 4 heteroatoms. The van der Waals surface area contributed by atoms with Crippen molar-refractivity contribution in [3.8, 4) is 0 Å². The molecule has 0 bridgehead atoms. The summed E-state index contributed by atoms with van der Waals surface area (Å²) in [6.45, 7) is 2.22. The van der Waals surface area contributed by atoms with Crippen molar-refractivity contribution in [3.63, 3.8) is 0 Å². The third kappa shape index (κ3) is 16.1. The van der Waals surface area contributed by atoms with Gasteiger partial charge in [-0.3, -0.25) is 0 Å². The number of unbranched alkanes of at least 4 members (excludes halogenated alkanes) is 7. The molecule has 0 aliphatic heterocycles. The Morgan fingerprint density at radius 1 is 0.722 bits per heavy atom. The lowest BCUT2D eigenvalue weighted by Gasteiger charge is -2.05. The van der Waals surface area contributed by atoms with Gasteiger partial charge >= 0.3 is 6.18 Å². The van der Waals surface area contributed by atoms with E-state index < -0.39 is 12.6 Å². The first-order valence-electron chi connectivity index (χ1n) is 7.20. The summed E-state index contributed by atoms with van der Waals surface area (Å²) in [5.74, 6) is 1.99. The molecule has 0 aromatic rings. The number of thioether (sulfide) groups is 1. The Hall–Kier alpha value is 0.140. The van der Waals surface area contributed by atoms with Gasteiger partial charge in [-0.1, -0.05) is 45.4 Å². The van der Waals surface area contributed by atoms with Gasteiger partial charge in [0.2, 0.25) is 0 Å². The van der Waals surface area contributed by atoms with Crippen LogP contribution in [-0.4, -0.2) is 17.7 Å². The van der Waals surface area contributed by atoms with E-state index in [4.69, 9.17) is 0 Å². The van der Waals surface area contributed by atoms with Gasteiger partial charge in [-0.2, -0.15) is 24.9 Å². The van der Waals surface area contributed by atoms with Crippen LogP contribution in [0.3, 0.4) is 0 Å². The fraction of sp³-hybridized carbons (Fsp3) is 1.00. The first-order valence-corrected chi connectivity index (χ1v) is 8.36. The van der Waals surface area contributed by atoms with Crippen LogP contribution >= 0.6 is 11.8 Å². The molecule has 0 radical (unpaired) electrons. The summed E-state index contributed by atoms with van der Waals surface area (Å²) in [6, 6.07) is 0. The Kier molecular flexibility index (Phi) is 12.3. The van der Waals surface area contributed by atoms with E-state index >= 15 is 0 Å². The van der Waals surface area contributed by atoms with Gasteiger partial charge in [0.15, 0.2) is 0 Å². The molecule has 0 spiro atoms. The fourth-order valence-electron chi connectivity index (χ4n) is 1.79. The predicted octanol–water partition coefficient (Wildman–Crippen LogP) is 6.20. The topological polar surface area (TPSA) is 0 Å². The molecule has 0 rings (SSSR count). The highest BCUT2D eigenvalue weighted by Crippen LogP contribution is 2.23. The lowest BCUT2D eigenvalue weighted by molar-refractivity contribution is -0.135. The van der Waals surface area contributed by atoms with Gasteiger partial charge in [0, 0.05) is 6.42 Å². The fourth-order valence-corrected chi connectivity index (χ4v) is 2.81. The van der Waals surface area contributed by atoms with E-state index in [2.05, 4.69) is 6.92 Å². The second-order valence-corrected chi connectivity index (χ2v) is 6.03. The molecule has 0 N–H and O–H groups in total. The monoisotopic (exact) mass is 284 g/mol. The van der Waals surface area contributed by atoms with E-state index in [0.29, 0.717) is 6.42 Å². The highest BCUT2D eigenvalue weighted by molar-refractivity contribution is 7.99. The largest absolute Gasteiger partial charge is 0.389 e. The van der Waals surface area contributed by atoms with Crippen molar-refractivity contribution < 1.29 is 13.2 Å². The first kappa shape index (κ1) is 18.1. The minimum Gasteiger partial charge on any atom is -0.171 e. The molecule has 18 heavy (non-hydrogen) atoms. The molecule has 0 saturated heterocycles. The van der Waals surface area contributed by atoms with Gasteiger partial charge in [0.25, 0.3) is 0 Å². The summed E-state index contributed by atoms with van der Waals surface area (Å²) in [7, 11) is 0. The third-order valence-electron chi connectivity index (χ3n) is 2.89. The Balaban J connectivity index is 2.99. The molecule has 0 aromatic heterocycles. The molecule has 0 nitrogen and oxygen atoms in total. The maximum atomic E-state index is 11.9. The van der Waals surface area contributed by atoms with E-state index in [1.807, 2.05) is 0 Å².